The Labute approximate surface area is 267 Å². The van der Waals surface area contributed by atoms with Crippen molar-refractivity contribution in [3.05, 3.63) is 82.2 Å². The summed E-state index contributed by atoms with van der Waals surface area (Å²) in [6, 6.07) is 15.3. The topological polar surface area (TPSA) is 195 Å². The highest BCUT2D eigenvalue weighted by atomic mass is 28.3. The highest BCUT2D eigenvalue weighted by Gasteiger charge is 2.58. The molecule has 2 aromatic rings. The van der Waals surface area contributed by atoms with Crippen LogP contribution in [-0.2, 0) is 33.3 Å². The average Bonchev–Trinajstić information content (AvgIpc) is 3.03. The van der Waals surface area contributed by atoms with Gasteiger partial charge >= 0.3 is 17.9 Å². The van der Waals surface area contributed by atoms with E-state index in [1.807, 2.05) is 0 Å². The van der Waals surface area contributed by atoms with Gasteiger partial charge in [-0.1, -0.05) is 61.2 Å². The zero-order valence-corrected chi connectivity index (χ0v) is 27.5. The molecule has 0 aromatic heterocycles. The van der Waals surface area contributed by atoms with E-state index >= 15 is 0 Å². The molecule has 2 N–H and O–H groups in total. The number of hydrogen-bond acceptors (Lipinski definition) is 11. The number of ether oxygens (including phenoxy) is 5. The van der Waals surface area contributed by atoms with E-state index in [1.165, 1.54) is 31.2 Å². The summed E-state index contributed by atoms with van der Waals surface area (Å²) in [5.41, 5.74) is 9.38. The monoisotopic (exact) mass is 656 g/mol. The average molecular weight is 657 g/mol. The third kappa shape index (κ3) is 9.86. The van der Waals surface area contributed by atoms with Crippen LogP contribution in [0.5, 0.6) is 0 Å². The van der Waals surface area contributed by atoms with Crippen molar-refractivity contribution in [2.75, 3.05) is 20.3 Å². The Balaban J connectivity index is 2.10. The van der Waals surface area contributed by atoms with Crippen molar-refractivity contribution in [1.29, 1.82) is 0 Å². The molecule has 1 aliphatic heterocycles. The SMILES string of the molecule is COC(=O)[C@@]1(OCC[Si](C)(C)C)C[C@H](OC(=O)c2ccccc2)[C@@H](NC(C)=O)[C@H]([C@H](O)[C@@H](CN=[N+]=[N-])OC(=O)c2ccccc2)O1. The molecular formula is C31H40N4O10Si. The van der Waals surface area contributed by atoms with Gasteiger partial charge in [-0.2, -0.15) is 0 Å². The first-order valence-corrected chi connectivity index (χ1v) is 18.4. The first-order valence-electron chi connectivity index (χ1n) is 14.7. The molecule has 248 valence electrons. The largest absolute Gasteiger partial charge is 0.465 e. The lowest BCUT2D eigenvalue weighted by Crippen LogP contribution is -2.68. The van der Waals surface area contributed by atoms with Crippen molar-refractivity contribution in [2.24, 2.45) is 5.11 Å². The molecule has 0 aliphatic carbocycles. The fraction of sp³-hybridized carbons (Fsp3) is 0.484. The Kier molecular flexibility index (Phi) is 12.9. The third-order valence-corrected chi connectivity index (χ3v) is 8.89. The second-order valence-corrected chi connectivity index (χ2v) is 17.6. The minimum atomic E-state index is -2.21. The predicted molar refractivity (Wildman–Crippen MR) is 167 cm³/mol. The van der Waals surface area contributed by atoms with Gasteiger partial charge in [-0.25, -0.2) is 14.4 Å². The van der Waals surface area contributed by atoms with Gasteiger partial charge in [-0.3, -0.25) is 4.79 Å². The van der Waals surface area contributed by atoms with Gasteiger partial charge < -0.3 is 34.1 Å². The Morgan fingerprint density at radius 1 is 1.07 bits per heavy atom. The van der Waals surface area contributed by atoms with Crippen LogP contribution in [0.2, 0.25) is 25.7 Å². The maximum atomic E-state index is 13.4. The Bertz CT molecular complexity index is 1400. The van der Waals surface area contributed by atoms with E-state index in [0.717, 1.165) is 7.11 Å². The summed E-state index contributed by atoms with van der Waals surface area (Å²) in [5.74, 6) is -5.39. The number of amides is 1. The standard InChI is InChI=1S/C31H40N4O10Si/c1-20(36)34-25-23(43-28(38)21-12-8-6-9-13-21)18-31(30(40)41-2,42-16-17-46(3,4)5)45-27(25)26(37)24(19-33-35-32)44-29(39)22-14-10-7-11-15-22/h6-15,23-27,37H,16-19H2,1-5H3,(H,34,36)/t23-,24+,25+,26+,27+,31+/m0/s1. The van der Waals surface area contributed by atoms with Crippen LogP contribution in [0.15, 0.2) is 65.8 Å². The summed E-state index contributed by atoms with van der Waals surface area (Å²) in [5, 5.41) is 17.9. The normalized spacial score (nSPS) is 22.3. The number of hydrogen-bond donors (Lipinski definition) is 2. The maximum Gasteiger partial charge on any atom is 0.366 e. The van der Waals surface area contributed by atoms with Crippen LogP contribution in [0.25, 0.3) is 10.4 Å². The minimum Gasteiger partial charge on any atom is -0.465 e. The van der Waals surface area contributed by atoms with E-state index in [1.54, 1.807) is 36.4 Å². The number of nitrogens with one attached hydrogen (secondary N) is 1. The Morgan fingerprint density at radius 3 is 2.17 bits per heavy atom. The predicted octanol–water partition coefficient (Wildman–Crippen LogP) is 3.63. The van der Waals surface area contributed by atoms with Gasteiger partial charge in [0.1, 0.15) is 24.4 Å². The van der Waals surface area contributed by atoms with Crippen molar-refractivity contribution in [3.8, 4) is 0 Å². The summed E-state index contributed by atoms with van der Waals surface area (Å²) in [7, 11) is -0.570. The number of nitrogens with zero attached hydrogens (tertiary/aromatic N) is 3. The molecular weight excluding hydrogens is 616 g/mol. The van der Waals surface area contributed by atoms with E-state index in [4.69, 9.17) is 29.2 Å². The number of azide groups is 1. The van der Waals surface area contributed by atoms with Gasteiger partial charge in [-0.05, 0) is 35.8 Å². The first-order chi connectivity index (χ1) is 21.8. The molecule has 1 saturated heterocycles. The molecule has 6 atom stereocenters. The number of rotatable bonds is 14. The number of aliphatic hydroxyl groups is 1. The molecule has 2 aromatic carbocycles. The maximum absolute atomic E-state index is 13.4. The van der Waals surface area contributed by atoms with E-state index in [-0.39, 0.29) is 17.7 Å². The highest BCUT2D eigenvalue weighted by Crippen LogP contribution is 2.37. The summed E-state index contributed by atoms with van der Waals surface area (Å²) in [4.78, 5) is 54.9. The third-order valence-electron chi connectivity index (χ3n) is 7.18. The lowest BCUT2D eigenvalue weighted by atomic mass is 9.88. The molecule has 1 heterocycles. The van der Waals surface area contributed by atoms with Gasteiger partial charge in [0.25, 0.3) is 5.79 Å². The molecule has 1 aliphatic rings. The van der Waals surface area contributed by atoms with Crippen molar-refractivity contribution in [2.45, 2.75) is 75.3 Å². The Morgan fingerprint density at radius 2 is 1.65 bits per heavy atom. The molecule has 46 heavy (non-hydrogen) atoms. The van der Waals surface area contributed by atoms with Gasteiger partial charge in [0, 0.05) is 26.5 Å². The first kappa shape index (κ1) is 36.2. The van der Waals surface area contributed by atoms with E-state index in [9.17, 15) is 24.3 Å². The van der Waals surface area contributed by atoms with E-state index < -0.39 is 81.1 Å². The molecule has 1 amide bonds. The van der Waals surface area contributed by atoms with Crippen LogP contribution in [0.3, 0.4) is 0 Å². The highest BCUT2D eigenvalue weighted by molar-refractivity contribution is 6.76. The van der Waals surface area contributed by atoms with Gasteiger partial charge in [0.15, 0.2) is 0 Å². The molecule has 3 rings (SSSR count). The van der Waals surface area contributed by atoms with Crippen molar-refractivity contribution in [3.63, 3.8) is 0 Å². The quantitative estimate of drug-likeness (QED) is 0.0757. The van der Waals surface area contributed by atoms with Crippen molar-refractivity contribution >= 4 is 31.9 Å². The molecule has 0 bridgehead atoms. The minimum absolute atomic E-state index is 0.0585. The number of methoxy groups -OCH3 is 1. The fourth-order valence-electron chi connectivity index (χ4n) is 4.82. The molecule has 0 unspecified atom stereocenters. The summed E-state index contributed by atoms with van der Waals surface area (Å²) < 4.78 is 28.8. The Hall–Kier alpha value is -4.27. The van der Waals surface area contributed by atoms with Crippen LogP contribution >= 0.6 is 0 Å². The zero-order chi connectivity index (χ0) is 33.9. The van der Waals surface area contributed by atoms with Gasteiger partial charge in [0.2, 0.25) is 5.91 Å². The molecule has 1 fully saturated rings. The van der Waals surface area contributed by atoms with E-state index in [2.05, 4.69) is 35.0 Å². The zero-order valence-electron chi connectivity index (χ0n) is 26.5. The van der Waals surface area contributed by atoms with Crippen LogP contribution in [0.4, 0.5) is 0 Å². The lowest BCUT2D eigenvalue weighted by molar-refractivity contribution is -0.309. The number of carbonyl (C=O) groups excluding carboxylic acids is 4. The summed E-state index contributed by atoms with van der Waals surface area (Å²) >= 11 is 0. The lowest BCUT2D eigenvalue weighted by Gasteiger charge is -2.48. The van der Waals surface area contributed by atoms with Crippen LogP contribution in [0, 0.1) is 0 Å². The van der Waals surface area contributed by atoms with E-state index in [0.29, 0.717) is 6.04 Å². The fourth-order valence-corrected chi connectivity index (χ4v) is 5.53. The van der Waals surface area contributed by atoms with Gasteiger partial charge in [-0.15, -0.1) is 0 Å². The second-order valence-electron chi connectivity index (χ2n) is 11.9. The number of carbonyl (C=O) groups is 4. The summed E-state index contributed by atoms with van der Waals surface area (Å²) in [6.45, 7) is 7.04. The van der Waals surface area contributed by atoms with Crippen LogP contribution < -0.4 is 5.32 Å². The van der Waals surface area contributed by atoms with Crippen LogP contribution in [-0.4, -0.2) is 93.5 Å². The second kappa shape index (κ2) is 16.3. The smallest absolute Gasteiger partial charge is 0.366 e. The van der Waals surface area contributed by atoms with Crippen LogP contribution in [0.1, 0.15) is 34.1 Å². The molecule has 0 spiro atoms. The number of esters is 3. The molecule has 15 heteroatoms. The molecule has 0 radical (unpaired) electrons. The van der Waals surface area contributed by atoms with Crippen molar-refractivity contribution < 1.29 is 48.0 Å². The van der Waals surface area contributed by atoms with Gasteiger partial charge in [0.05, 0.1) is 37.2 Å². The molecule has 14 nitrogen and oxygen atoms in total. The van der Waals surface area contributed by atoms with Crippen molar-refractivity contribution in [1.82, 2.24) is 5.32 Å². The number of benzene rings is 2. The molecule has 0 saturated carbocycles. The summed E-state index contributed by atoms with van der Waals surface area (Å²) in [6.07, 6.45) is -6.73. The number of aliphatic hydroxyl groups excluding tert-OH is 1.